The average Bonchev–Trinajstić information content (AvgIpc) is 3.58. The van der Waals surface area contributed by atoms with E-state index in [-0.39, 0.29) is 11.5 Å². The van der Waals surface area contributed by atoms with Crippen molar-refractivity contribution in [2.45, 2.75) is 0 Å². The van der Waals surface area contributed by atoms with E-state index < -0.39 is 0 Å². The smallest absolute Gasteiger partial charge is 0.230 e. The fourth-order valence-electron chi connectivity index (χ4n) is 4.02. The molecule has 0 fully saturated rings. The summed E-state index contributed by atoms with van der Waals surface area (Å²) < 4.78 is 0. The normalized spacial score (nSPS) is 11.9. The predicted octanol–water partition coefficient (Wildman–Crippen LogP) is 7.98. The van der Waals surface area contributed by atoms with Gasteiger partial charge in [-0.15, -0.1) is 20.5 Å². The van der Waals surface area contributed by atoms with E-state index in [1.165, 1.54) is 22.7 Å². The van der Waals surface area contributed by atoms with E-state index in [1.807, 2.05) is 12.1 Å². The topological polar surface area (TPSA) is 168 Å². The van der Waals surface area contributed by atoms with E-state index >= 15 is 0 Å². The lowest BCUT2D eigenvalue weighted by atomic mass is 10.1. The van der Waals surface area contributed by atoms with Crippen LogP contribution in [0.5, 0.6) is 11.5 Å². The first-order chi connectivity index (χ1) is 18.5. The van der Waals surface area contributed by atoms with Crippen molar-refractivity contribution in [1.82, 2.24) is 9.97 Å². The van der Waals surface area contributed by atoms with Gasteiger partial charge in [0.05, 0.1) is 21.1 Å². The largest absolute Gasteiger partial charge is 0.507 e. The summed E-state index contributed by atoms with van der Waals surface area (Å²) in [5, 5.41) is 41.0. The Morgan fingerprint density at radius 1 is 0.579 bits per heavy atom. The third-order valence-corrected chi connectivity index (χ3v) is 7.73. The lowest BCUT2D eigenvalue weighted by Crippen LogP contribution is -1.87. The summed E-state index contributed by atoms with van der Waals surface area (Å²) in [4.78, 5) is 10.4. The first-order valence-corrected chi connectivity index (χ1v) is 12.9. The molecule has 12 heteroatoms. The van der Waals surface area contributed by atoms with Crippen LogP contribution in [0.25, 0.3) is 31.3 Å². The Labute approximate surface area is 223 Å². The molecule has 0 atom stereocenters. The SMILES string of the molecule is Nc1ccc(N=Nc2ncc(-c3cnc(N=Nc4ccc(N)c5c(O)cccc45)s3)s2)c2cccc(O)c12. The number of phenols is 2. The monoisotopic (exact) mass is 538 g/mol. The summed E-state index contributed by atoms with van der Waals surface area (Å²) in [5.41, 5.74) is 14.1. The zero-order chi connectivity index (χ0) is 26.2. The fourth-order valence-corrected chi connectivity index (χ4v) is 5.55. The zero-order valence-corrected chi connectivity index (χ0v) is 21.1. The van der Waals surface area contributed by atoms with Crippen molar-refractivity contribution in [2.75, 3.05) is 11.5 Å². The summed E-state index contributed by atoms with van der Waals surface area (Å²) in [6.45, 7) is 0. The van der Waals surface area contributed by atoms with Crippen molar-refractivity contribution in [3.63, 3.8) is 0 Å². The lowest BCUT2D eigenvalue weighted by molar-refractivity contribution is 0.481. The van der Waals surface area contributed by atoms with E-state index in [0.29, 0.717) is 54.6 Å². The summed E-state index contributed by atoms with van der Waals surface area (Å²) >= 11 is 2.72. The van der Waals surface area contributed by atoms with Crippen molar-refractivity contribution in [3.05, 3.63) is 73.1 Å². The molecule has 0 amide bonds. The highest BCUT2D eigenvalue weighted by atomic mass is 32.1. The number of thiazole rings is 2. The number of azo groups is 2. The summed E-state index contributed by atoms with van der Waals surface area (Å²) in [6, 6.07) is 17.2. The molecule has 186 valence electrons. The van der Waals surface area contributed by atoms with Crippen molar-refractivity contribution < 1.29 is 10.2 Å². The molecule has 10 nitrogen and oxygen atoms in total. The molecular formula is C26H18N8O2S2. The van der Waals surface area contributed by atoms with E-state index in [2.05, 4.69) is 30.4 Å². The molecule has 0 radical (unpaired) electrons. The van der Waals surface area contributed by atoms with Crippen LogP contribution < -0.4 is 11.5 Å². The number of nitrogens with zero attached hydrogens (tertiary/aromatic N) is 6. The Morgan fingerprint density at radius 2 is 1.03 bits per heavy atom. The third kappa shape index (κ3) is 4.27. The molecule has 2 aromatic heterocycles. The highest BCUT2D eigenvalue weighted by Crippen LogP contribution is 2.40. The number of hydrogen-bond acceptors (Lipinski definition) is 12. The number of benzene rings is 4. The highest BCUT2D eigenvalue weighted by molar-refractivity contribution is 7.25. The minimum atomic E-state index is 0.0921. The molecule has 0 aliphatic rings. The summed E-state index contributed by atoms with van der Waals surface area (Å²) in [6.07, 6.45) is 3.41. The molecular weight excluding hydrogens is 520 g/mol. The van der Waals surface area contributed by atoms with Gasteiger partial charge >= 0.3 is 0 Å². The number of nitrogen functional groups attached to an aromatic ring is 2. The average molecular weight is 539 g/mol. The lowest BCUT2D eigenvalue weighted by Gasteiger charge is -2.06. The van der Waals surface area contributed by atoms with E-state index in [0.717, 1.165) is 9.75 Å². The van der Waals surface area contributed by atoms with Crippen LogP contribution in [-0.4, -0.2) is 20.2 Å². The number of fused-ring (bicyclic) bond motifs is 2. The van der Waals surface area contributed by atoms with Gasteiger partial charge in [-0.2, -0.15) is 0 Å². The van der Waals surface area contributed by atoms with Crippen LogP contribution in [0.2, 0.25) is 0 Å². The van der Waals surface area contributed by atoms with Crippen molar-refractivity contribution in [2.24, 2.45) is 20.5 Å². The molecule has 6 rings (SSSR count). The van der Waals surface area contributed by atoms with Crippen LogP contribution in [0, 0.1) is 0 Å². The number of nitrogens with two attached hydrogens (primary N) is 2. The van der Waals surface area contributed by atoms with Crippen LogP contribution in [0.1, 0.15) is 0 Å². The van der Waals surface area contributed by atoms with Gasteiger partial charge in [0, 0.05) is 45.3 Å². The Kier molecular flexibility index (Phi) is 5.86. The fraction of sp³-hybridized carbons (Fsp3) is 0. The molecule has 0 saturated heterocycles. The second-order valence-electron chi connectivity index (χ2n) is 8.16. The van der Waals surface area contributed by atoms with Gasteiger partial charge in [0.15, 0.2) is 0 Å². The second kappa shape index (κ2) is 9.50. The maximum atomic E-state index is 10.2. The molecule has 0 bridgehead atoms. The highest BCUT2D eigenvalue weighted by Gasteiger charge is 2.11. The molecule has 2 heterocycles. The number of phenolic OH excluding ortho intramolecular Hbond substituents is 2. The Bertz CT molecular complexity index is 1740. The van der Waals surface area contributed by atoms with Gasteiger partial charge in [0.2, 0.25) is 10.3 Å². The minimum Gasteiger partial charge on any atom is -0.507 e. The van der Waals surface area contributed by atoms with Gasteiger partial charge < -0.3 is 21.7 Å². The standard InChI is InChI=1S/C26H18N8O2S2/c27-15-7-9-17(13-3-1-5-19(35)23(13)15)31-33-25-29-11-21(37-25)22-12-30-26(38-22)34-32-18-10-8-16(28)24-14(18)4-2-6-20(24)36/h1-12,35-36H,27-28H2. The van der Waals surface area contributed by atoms with Crippen molar-refractivity contribution >= 4 is 77.2 Å². The van der Waals surface area contributed by atoms with Gasteiger partial charge in [-0.25, -0.2) is 9.97 Å². The van der Waals surface area contributed by atoms with Crippen LogP contribution in [0.4, 0.5) is 33.0 Å². The van der Waals surface area contributed by atoms with Crippen molar-refractivity contribution in [1.29, 1.82) is 0 Å². The Balaban J connectivity index is 1.23. The molecule has 0 aliphatic carbocycles. The zero-order valence-electron chi connectivity index (χ0n) is 19.5. The van der Waals surface area contributed by atoms with Crippen LogP contribution in [0.3, 0.4) is 0 Å². The summed E-state index contributed by atoms with van der Waals surface area (Å²) in [5.74, 6) is 0.184. The molecule has 0 saturated carbocycles. The third-order valence-electron chi connectivity index (χ3n) is 5.77. The molecule has 0 unspecified atom stereocenters. The van der Waals surface area contributed by atoms with Crippen LogP contribution in [-0.2, 0) is 0 Å². The van der Waals surface area contributed by atoms with E-state index in [9.17, 15) is 10.2 Å². The van der Waals surface area contributed by atoms with Gasteiger partial charge in [-0.3, -0.25) is 0 Å². The predicted molar refractivity (Wildman–Crippen MR) is 152 cm³/mol. The maximum absolute atomic E-state index is 10.2. The van der Waals surface area contributed by atoms with Gasteiger partial charge in [-0.05, 0) is 36.4 Å². The molecule has 6 aromatic rings. The molecule has 38 heavy (non-hydrogen) atoms. The van der Waals surface area contributed by atoms with Gasteiger partial charge in [0.1, 0.15) is 11.5 Å². The molecule has 4 aromatic carbocycles. The van der Waals surface area contributed by atoms with Crippen LogP contribution >= 0.6 is 22.7 Å². The Morgan fingerprint density at radius 3 is 1.47 bits per heavy atom. The molecule has 0 aliphatic heterocycles. The first-order valence-electron chi connectivity index (χ1n) is 11.2. The molecule has 0 spiro atoms. The number of aromatic nitrogens is 2. The van der Waals surface area contributed by atoms with Crippen LogP contribution in [0.15, 0.2) is 93.5 Å². The van der Waals surface area contributed by atoms with E-state index in [4.69, 9.17) is 11.5 Å². The number of anilines is 2. The van der Waals surface area contributed by atoms with Gasteiger partial charge in [-0.1, -0.05) is 46.9 Å². The first kappa shape index (κ1) is 23.5. The quantitative estimate of drug-likeness (QED) is 0.128. The van der Waals surface area contributed by atoms with Gasteiger partial charge in [0.25, 0.3) is 0 Å². The molecule has 6 N–H and O–H groups in total. The maximum Gasteiger partial charge on any atom is 0.230 e. The number of rotatable bonds is 5. The van der Waals surface area contributed by atoms with Crippen molar-refractivity contribution in [3.8, 4) is 21.3 Å². The minimum absolute atomic E-state index is 0.0921. The number of hydrogen-bond donors (Lipinski definition) is 4. The second-order valence-corrected chi connectivity index (χ2v) is 10.2. The number of aromatic hydroxyl groups is 2. The van der Waals surface area contributed by atoms with E-state index in [1.54, 1.807) is 60.9 Å². The Hall–Kier alpha value is -4.94. The summed E-state index contributed by atoms with van der Waals surface area (Å²) in [7, 11) is 0.